The molecule has 2 heterocycles. The molecular weight excluding hydrogens is 332 g/mol. The van der Waals surface area contributed by atoms with Crippen molar-refractivity contribution in [3.8, 4) is 11.5 Å². The summed E-state index contributed by atoms with van der Waals surface area (Å²) >= 11 is 0. The van der Waals surface area contributed by atoms with Gasteiger partial charge in [-0.2, -0.15) is 5.10 Å². The minimum Gasteiger partial charge on any atom is -0.497 e. The number of likely N-dealkylation sites (tertiary alicyclic amines) is 1. The Balaban J connectivity index is 1.58. The van der Waals surface area contributed by atoms with E-state index in [-0.39, 0.29) is 5.91 Å². The lowest BCUT2D eigenvalue weighted by Crippen LogP contribution is -2.32. The van der Waals surface area contributed by atoms with Crippen LogP contribution < -0.4 is 14.8 Å². The molecule has 1 saturated heterocycles. The third-order valence-corrected chi connectivity index (χ3v) is 4.64. The molecule has 3 rings (SSSR count). The molecule has 0 radical (unpaired) electrons. The smallest absolute Gasteiger partial charge is 0.238 e. The SMILES string of the molecule is COc1cc(NC(=O)CN2CC[C@H](n3nc(C)cc3C)C2)cc(OC)c1. The summed E-state index contributed by atoms with van der Waals surface area (Å²) in [6.07, 6.45) is 1.00. The molecule has 7 nitrogen and oxygen atoms in total. The second-order valence-electron chi connectivity index (χ2n) is 6.70. The van der Waals surface area contributed by atoms with E-state index in [0.29, 0.717) is 29.8 Å². The van der Waals surface area contributed by atoms with E-state index < -0.39 is 0 Å². The molecule has 1 aromatic carbocycles. The summed E-state index contributed by atoms with van der Waals surface area (Å²) in [6, 6.07) is 7.75. The van der Waals surface area contributed by atoms with Gasteiger partial charge < -0.3 is 14.8 Å². The van der Waals surface area contributed by atoms with Crippen LogP contribution in [0, 0.1) is 13.8 Å². The minimum atomic E-state index is -0.0469. The van der Waals surface area contributed by atoms with Gasteiger partial charge >= 0.3 is 0 Å². The number of amides is 1. The molecule has 1 atom stereocenters. The molecule has 26 heavy (non-hydrogen) atoms. The van der Waals surface area contributed by atoms with Crippen LogP contribution in [0.5, 0.6) is 11.5 Å². The number of aryl methyl sites for hydroxylation is 2. The monoisotopic (exact) mass is 358 g/mol. The van der Waals surface area contributed by atoms with Crippen LogP contribution in [0.4, 0.5) is 5.69 Å². The third-order valence-electron chi connectivity index (χ3n) is 4.64. The van der Waals surface area contributed by atoms with E-state index in [1.165, 1.54) is 5.69 Å². The first-order valence-corrected chi connectivity index (χ1v) is 8.76. The second kappa shape index (κ2) is 7.78. The summed E-state index contributed by atoms with van der Waals surface area (Å²) in [7, 11) is 3.17. The molecule has 0 aliphatic carbocycles. The van der Waals surface area contributed by atoms with E-state index >= 15 is 0 Å². The highest BCUT2D eigenvalue weighted by Gasteiger charge is 2.26. The van der Waals surface area contributed by atoms with Crippen molar-refractivity contribution < 1.29 is 14.3 Å². The van der Waals surface area contributed by atoms with Gasteiger partial charge in [0.1, 0.15) is 11.5 Å². The van der Waals surface area contributed by atoms with Crippen LogP contribution in [0.25, 0.3) is 0 Å². The van der Waals surface area contributed by atoms with E-state index in [0.717, 1.165) is 25.2 Å². The van der Waals surface area contributed by atoms with Gasteiger partial charge in [-0.15, -0.1) is 0 Å². The largest absolute Gasteiger partial charge is 0.497 e. The Hall–Kier alpha value is -2.54. The highest BCUT2D eigenvalue weighted by molar-refractivity contribution is 5.92. The summed E-state index contributed by atoms with van der Waals surface area (Å²) in [6.45, 7) is 6.15. The standard InChI is InChI=1S/C19H26N4O3/c1-13-7-14(2)23(21-13)16-5-6-22(11-16)12-19(24)20-15-8-17(25-3)10-18(9-15)26-4/h7-10,16H,5-6,11-12H2,1-4H3,(H,20,24)/t16-/m0/s1. The number of carbonyl (C=O) groups excluding carboxylic acids is 1. The maximum Gasteiger partial charge on any atom is 0.238 e. The number of nitrogens with zero attached hydrogens (tertiary/aromatic N) is 3. The van der Waals surface area contributed by atoms with Crippen LogP contribution in [0.2, 0.25) is 0 Å². The van der Waals surface area contributed by atoms with Gasteiger partial charge in [0.05, 0.1) is 32.5 Å². The van der Waals surface area contributed by atoms with Gasteiger partial charge in [-0.05, 0) is 26.3 Å². The van der Waals surface area contributed by atoms with Gasteiger partial charge in [0.25, 0.3) is 0 Å². The molecule has 1 N–H and O–H groups in total. The van der Waals surface area contributed by atoms with Crippen molar-refractivity contribution in [1.82, 2.24) is 14.7 Å². The Labute approximate surface area is 153 Å². The number of benzene rings is 1. The number of methoxy groups -OCH3 is 2. The van der Waals surface area contributed by atoms with Crippen LogP contribution in [0.15, 0.2) is 24.3 Å². The molecule has 0 spiro atoms. The minimum absolute atomic E-state index is 0.0469. The Kier molecular flexibility index (Phi) is 5.46. The summed E-state index contributed by atoms with van der Waals surface area (Å²) in [5.41, 5.74) is 2.87. The zero-order chi connectivity index (χ0) is 18.7. The maximum absolute atomic E-state index is 12.4. The molecule has 0 bridgehead atoms. The first kappa shape index (κ1) is 18.3. The zero-order valence-corrected chi connectivity index (χ0v) is 15.8. The Morgan fingerprint density at radius 3 is 2.46 bits per heavy atom. The van der Waals surface area contributed by atoms with Crippen molar-refractivity contribution in [1.29, 1.82) is 0 Å². The quantitative estimate of drug-likeness (QED) is 0.859. The topological polar surface area (TPSA) is 68.6 Å². The first-order chi connectivity index (χ1) is 12.5. The zero-order valence-electron chi connectivity index (χ0n) is 15.8. The normalized spacial score (nSPS) is 17.3. The second-order valence-corrected chi connectivity index (χ2v) is 6.70. The predicted molar refractivity (Wildman–Crippen MR) is 100.0 cm³/mol. The van der Waals surface area contributed by atoms with E-state index in [1.807, 2.05) is 6.92 Å². The van der Waals surface area contributed by atoms with E-state index in [2.05, 4.69) is 33.0 Å². The number of aromatic nitrogens is 2. The van der Waals surface area contributed by atoms with Crippen molar-refractivity contribution in [2.24, 2.45) is 0 Å². The molecule has 0 unspecified atom stereocenters. The molecule has 1 aliphatic rings. The van der Waals surface area contributed by atoms with Crippen LogP contribution in [0.1, 0.15) is 23.9 Å². The van der Waals surface area contributed by atoms with E-state index in [9.17, 15) is 4.79 Å². The van der Waals surface area contributed by atoms with Crippen molar-refractivity contribution in [2.45, 2.75) is 26.3 Å². The lowest BCUT2D eigenvalue weighted by molar-refractivity contribution is -0.117. The molecule has 2 aromatic rings. The maximum atomic E-state index is 12.4. The van der Waals surface area contributed by atoms with Crippen molar-refractivity contribution >= 4 is 11.6 Å². The number of nitrogens with one attached hydrogen (secondary N) is 1. The highest BCUT2D eigenvalue weighted by Crippen LogP contribution is 2.26. The van der Waals surface area contributed by atoms with E-state index in [1.54, 1.807) is 32.4 Å². The molecule has 1 fully saturated rings. The van der Waals surface area contributed by atoms with Gasteiger partial charge in [0, 0.05) is 42.7 Å². The fourth-order valence-electron chi connectivity index (χ4n) is 3.45. The van der Waals surface area contributed by atoms with Gasteiger partial charge in [-0.25, -0.2) is 0 Å². The number of anilines is 1. The Morgan fingerprint density at radius 1 is 1.19 bits per heavy atom. The third kappa shape index (κ3) is 4.16. The Bertz CT molecular complexity index is 765. The lowest BCUT2D eigenvalue weighted by Gasteiger charge is -2.17. The number of carbonyl (C=O) groups is 1. The van der Waals surface area contributed by atoms with Gasteiger partial charge in [-0.1, -0.05) is 0 Å². The Morgan fingerprint density at radius 2 is 1.88 bits per heavy atom. The van der Waals surface area contributed by atoms with E-state index in [4.69, 9.17) is 9.47 Å². The summed E-state index contributed by atoms with van der Waals surface area (Å²) < 4.78 is 12.6. The fourth-order valence-corrected chi connectivity index (χ4v) is 3.45. The number of hydrogen-bond donors (Lipinski definition) is 1. The molecule has 1 aromatic heterocycles. The molecule has 140 valence electrons. The van der Waals surface area contributed by atoms with Crippen LogP contribution in [-0.2, 0) is 4.79 Å². The number of ether oxygens (including phenoxy) is 2. The van der Waals surface area contributed by atoms with Crippen molar-refractivity contribution in [3.05, 3.63) is 35.7 Å². The number of rotatable bonds is 6. The molecule has 1 aliphatic heterocycles. The average molecular weight is 358 g/mol. The molecule has 7 heteroatoms. The highest BCUT2D eigenvalue weighted by atomic mass is 16.5. The summed E-state index contributed by atoms with van der Waals surface area (Å²) in [5.74, 6) is 1.24. The molecular formula is C19H26N4O3. The van der Waals surface area contributed by atoms with Crippen LogP contribution in [0.3, 0.4) is 0 Å². The van der Waals surface area contributed by atoms with Crippen LogP contribution in [-0.4, -0.2) is 54.4 Å². The van der Waals surface area contributed by atoms with Gasteiger partial charge in [-0.3, -0.25) is 14.4 Å². The summed E-state index contributed by atoms with van der Waals surface area (Å²) in [4.78, 5) is 14.6. The lowest BCUT2D eigenvalue weighted by atomic mass is 10.2. The van der Waals surface area contributed by atoms with Gasteiger partial charge in [0.2, 0.25) is 5.91 Å². The predicted octanol–water partition coefficient (Wildman–Crippen LogP) is 2.40. The summed E-state index contributed by atoms with van der Waals surface area (Å²) in [5, 5.41) is 7.50. The average Bonchev–Trinajstić information content (AvgIpc) is 3.19. The number of hydrogen-bond acceptors (Lipinski definition) is 5. The van der Waals surface area contributed by atoms with Gasteiger partial charge in [0.15, 0.2) is 0 Å². The van der Waals surface area contributed by atoms with Crippen molar-refractivity contribution in [2.75, 3.05) is 39.2 Å². The fraction of sp³-hybridized carbons (Fsp3) is 0.474. The first-order valence-electron chi connectivity index (χ1n) is 8.76. The molecule has 1 amide bonds. The van der Waals surface area contributed by atoms with Crippen molar-refractivity contribution in [3.63, 3.8) is 0 Å². The molecule has 0 saturated carbocycles. The van der Waals surface area contributed by atoms with Crippen LogP contribution >= 0.6 is 0 Å².